The van der Waals surface area contributed by atoms with Crippen LogP contribution in [0.4, 0.5) is 4.39 Å². The zero-order valence-electron chi connectivity index (χ0n) is 14.5. The molecule has 0 aliphatic heterocycles. The maximum Gasteiger partial charge on any atom is 0.341 e. The Bertz CT molecular complexity index is 956. The Balaban J connectivity index is 1.68. The third-order valence-electron chi connectivity index (χ3n) is 4.16. The van der Waals surface area contributed by atoms with Crippen LogP contribution in [0.25, 0.3) is 11.1 Å². The smallest absolute Gasteiger partial charge is 0.341 e. The average molecular weight is 385 g/mol. The molecule has 0 aliphatic rings. The number of benzene rings is 3. The predicted molar refractivity (Wildman–Crippen MR) is 104 cm³/mol. The van der Waals surface area contributed by atoms with Crippen molar-refractivity contribution in [3.63, 3.8) is 0 Å². The summed E-state index contributed by atoms with van der Waals surface area (Å²) in [5, 5.41) is 9.30. The van der Waals surface area contributed by atoms with Gasteiger partial charge in [-0.15, -0.1) is 0 Å². The molecule has 0 amide bonds. The zero-order chi connectivity index (χ0) is 19.2. The topological polar surface area (TPSA) is 46.5 Å². The average Bonchev–Trinajstić information content (AvgIpc) is 2.66. The Morgan fingerprint density at radius 2 is 1.70 bits per heavy atom. The number of aryl methyl sites for hydroxylation is 2. The highest BCUT2D eigenvalue weighted by molar-refractivity contribution is 6.33. The quantitative estimate of drug-likeness (QED) is 0.593. The van der Waals surface area contributed by atoms with Crippen molar-refractivity contribution < 1.29 is 19.0 Å². The molecule has 0 unspecified atom stereocenters. The molecule has 27 heavy (non-hydrogen) atoms. The van der Waals surface area contributed by atoms with Crippen molar-refractivity contribution in [3.8, 4) is 16.9 Å². The van der Waals surface area contributed by atoms with Crippen molar-refractivity contribution in [1.82, 2.24) is 0 Å². The molecule has 3 aromatic carbocycles. The molecule has 0 fully saturated rings. The number of aliphatic carboxylic acids is 1. The Labute approximate surface area is 162 Å². The van der Waals surface area contributed by atoms with E-state index in [1.54, 1.807) is 6.07 Å². The van der Waals surface area contributed by atoms with Crippen LogP contribution in [-0.2, 0) is 17.6 Å². The third-order valence-corrected chi connectivity index (χ3v) is 4.49. The predicted octanol–water partition coefficient (Wildman–Crippen LogP) is 5.39. The van der Waals surface area contributed by atoms with Crippen molar-refractivity contribution in [1.29, 1.82) is 0 Å². The van der Waals surface area contributed by atoms with Crippen molar-refractivity contribution in [3.05, 3.63) is 88.7 Å². The van der Waals surface area contributed by atoms with Gasteiger partial charge in [-0.3, -0.25) is 0 Å². The lowest BCUT2D eigenvalue weighted by molar-refractivity contribution is -0.139. The molecule has 0 atom stereocenters. The number of carboxylic acids is 1. The van der Waals surface area contributed by atoms with Crippen molar-refractivity contribution in [2.24, 2.45) is 0 Å². The SMILES string of the molecule is O=C(O)COc1ccc(CCc2cccc(-c3ccccc3Cl)c2)cc1F. The van der Waals surface area contributed by atoms with E-state index in [4.69, 9.17) is 21.4 Å². The molecule has 0 aromatic heterocycles. The van der Waals surface area contributed by atoms with Gasteiger partial charge in [-0.2, -0.15) is 0 Å². The second-order valence-corrected chi connectivity index (χ2v) is 6.53. The summed E-state index contributed by atoms with van der Waals surface area (Å²) in [7, 11) is 0. The molecule has 0 spiro atoms. The number of hydrogen-bond acceptors (Lipinski definition) is 2. The monoisotopic (exact) mass is 384 g/mol. The Hall–Kier alpha value is -2.85. The molecule has 0 saturated carbocycles. The Morgan fingerprint density at radius 1 is 0.963 bits per heavy atom. The number of halogens is 2. The summed E-state index contributed by atoms with van der Waals surface area (Å²) in [6.45, 7) is -0.564. The summed E-state index contributed by atoms with van der Waals surface area (Å²) in [6.07, 6.45) is 1.40. The van der Waals surface area contributed by atoms with E-state index in [0.717, 1.165) is 28.7 Å². The van der Waals surface area contributed by atoms with Crippen LogP contribution in [0.5, 0.6) is 5.75 Å². The van der Waals surface area contributed by atoms with Gasteiger partial charge in [0.05, 0.1) is 0 Å². The molecule has 138 valence electrons. The first-order valence-corrected chi connectivity index (χ1v) is 8.87. The molecule has 5 heteroatoms. The highest BCUT2D eigenvalue weighted by Gasteiger charge is 2.08. The number of hydrogen-bond donors (Lipinski definition) is 1. The van der Waals surface area contributed by atoms with Crippen LogP contribution in [0.2, 0.25) is 5.02 Å². The molecule has 0 radical (unpaired) electrons. The Morgan fingerprint density at radius 3 is 2.41 bits per heavy atom. The van der Waals surface area contributed by atoms with Gasteiger partial charge in [-0.1, -0.05) is 60.1 Å². The minimum absolute atomic E-state index is 0.0538. The van der Waals surface area contributed by atoms with Crippen molar-refractivity contribution in [2.75, 3.05) is 6.61 Å². The van der Waals surface area contributed by atoms with E-state index in [0.29, 0.717) is 11.4 Å². The lowest BCUT2D eigenvalue weighted by atomic mass is 9.99. The first kappa shape index (κ1) is 18.9. The van der Waals surface area contributed by atoms with Crippen LogP contribution in [0.15, 0.2) is 66.7 Å². The molecular weight excluding hydrogens is 367 g/mol. The van der Waals surface area contributed by atoms with Crippen LogP contribution < -0.4 is 4.74 Å². The zero-order valence-corrected chi connectivity index (χ0v) is 15.2. The Kier molecular flexibility index (Phi) is 6.09. The van der Waals surface area contributed by atoms with Gasteiger partial charge in [-0.25, -0.2) is 9.18 Å². The molecule has 0 bridgehead atoms. The normalized spacial score (nSPS) is 10.6. The van der Waals surface area contributed by atoms with Gasteiger partial charge >= 0.3 is 5.97 Å². The standard InChI is InChI=1S/C22H18ClFO3/c23-19-7-2-1-6-18(19)17-5-3-4-15(12-17)8-9-16-10-11-21(20(24)13-16)27-14-22(25)26/h1-7,10-13H,8-9,14H2,(H,25,26). The van der Waals surface area contributed by atoms with E-state index in [-0.39, 0.29) is 5.75 Å². The van der Waals surface area contributed by atoms with Gasteiger partial charge in [0, 0.05) is 10.6 Å². The summed E-state index contributed by atoms with van der Waals surface area (Å²) in [5.74, 6) is -1.75. The van der Waals surface area contributed by atoms with Gasteiger partial charge in [-0.05, 0) is 47.7 Å². The molecule has 0 heterocycles. The third kappa shape index (κ3) is 5.08. The van der Waals surface area contributed by atoms with Crippen LogP contribution in [0.1, 0.15) is 11.1 Å². The van der Waals surface area contributed by atoms with E-state index in [2.05, 4.69) is 6.07 Å². The number of ether oxygens (including phenoxy) is 1. The molecule has 0 aliphatic carbocycles. The van der Waals surface area contributed by atoms with E-state index < -0.39 is 18.4 Å². The van der Waals surface area contributed by atoms with Crippen LogP contribution in [0, 0.1) is 5.82 Å². The van der Waals surface area contributed by atoms with Crippen LogP contribution >= 0.6 is 11.6 Å². The summed E-state index contributed by atoms with van der Waals surface area (Å²) in [4.78, 5) is 10.5. The maximum absolute atomic E-state index is 14.0. The molecule has 1 N–H and O–H groups in total. The van der Waals surface area contributed by atoms with Gasteiger partial charge in [0.25, 0.3) is 0 Å². The van der Waals surface area contributed by atoms with Gasteiger partial charge in [0.2, 0.25) is 0 Å². The molecular formula is C22H18ClFO3. The van der Waals surface area contributed by atoms with Gasteiger partial charge < -0.3 is 9.84 Å². The van der Waals surface area contributed by atoms with Crippen molar-refractivity contribution >= 4 is 17.6 Å². The highest BCUT2D eigenvalue weighted by Crippen LogP contribution is 2.28. The summed E-state index contributed by atoms with van der Waals surface area (Å²) < 4.78 is 18.9. The fourth-order valence-electron chi connectivity index (χ4n) is 2.83. The van der Waals surface area contributed by atoms with E-state index in [1.165, 1.54) is 12.1 Å². The molecule has 3 aromatic rings. The highest BCUT2D eigenvalue weighted by atomic mass is 35.5. The fraction of sp³-hybridized carbons (Fsp3) is 0.136. The van der Waals surface area contributed by atoms with E-state index in [9.17, 15) is 9.18 Å². The number of rotatable bonds is 7. The van der Waals surface area contributed by atoms with Crippen LogP contribution in [-0.4, -0.2) is 17.7 Å². The molecule has 3 rings (SSSR count). The fourth-order valence-corrected chi connectivity index (χ4v) is 3.08. The summed E-state index contributed by atoms with van der Waals surface area (Å²) >= 11 is 6.27. The van der Waals surface area contributed by atoms with Crippen molar-refractivity contribution in [2.45, 2.75) is 12.8 Å². The maximum atomic E-state index is 14.0. The number of carbonyl (C=O) groups is 1. The van der Waals surface area contributed by atoms with Gasteiger partial charge in [0.15, 0.2) is 18.2 Å². The first-order chi connectivity index (χ1) is 13.0. The van der Waals surface area contributed by atoms with E-state index >= 15 is 0 Å². The minimum atomic E-state index is -1.14. The largest absolute Gasteiger partial charge is 0.479 e. The number of carboxylic acid groups (broad SMARTS) is 1. The first-order valence-electron chi connectivity index (χ1n) is 8.50. The minimum Gasteiger partial charge on any atom is -0.479 e. The van der Waals surface area contributed by atoms with E-state index in [1.807, 2.05) is 42.5 Å². The summed E-state index contributed by atoms with van der Waals surface area (Å²) in [5.41, 5.74) is 3.96. The lowest BCUT2D eigenvalue weighted by Crippen LogP contribution is -2.10. The summed E-state index contributed by atoms with van der Waals surface area (Å²) in [6, 6.07) is 20.4. The molecule has 3 nitrogen and oxygen atoms in total. The lowest BCUT2D eigenvalue weighted by Gasteiger charge is -2.09. The molecule has 0 saturated heterocycles. The second-order valence-electron chi connectivity index (χ2n) is 6.13. The second kappa shape index (κ2) is 8.69. The van der Waals surface area contributed by atoms with Crippen LogP contribution in [0.3, 0.4) is 0 Å². The van der Waals surface area contributed by atoms with Gasteiger partial charge in [0.1, 0.15) is 0 Å².